The van der Waals surface area contributed by atoms with Crippen molar-refractivity contribution in [1.29, 1.82) is 0 Å². The van der Waals surface area contributed by atoms with Gasteiger partial charge in [0.25, 0.3) is 0 Å². The fourth-order valence-corrected chi connectivity index (χ4v) is 1.96. The molecule has 0 aliphatic heterocycles. The van der Waals surface area contributed by atoms with E-state index in [2.05, 4.69) is 33.8 Å². The van der Waals surface area contributed by atoms with Gasteiger partial charge in [-0.15, -0.1) is 0 Å². The standard InChI is InChI=1S/C11H15Cl/c1-5-10-8(3)6-7(2)9(4)11(10)12/h6H,5H2,1-4H3. The quantitative estimate of drug-likeness (QED) is 0.620. The average Bonchev–Trinajstić information content (AvgIpc) is 2.01. The number of hydrogen-bond acceptors (Lipinski definition) is 0. The zero-order valence-corrected chi connectivity index (χ0v) is 8.92. The molecular formula is C11H15Cl. The lowest BCUT2D eigenvalue weighted by Gasteiger charge is -2.11. The first kappa shape index (κ1) is 9.60. The first-order chi connectivity index (χ1) is 5.57. The summed E-state index contributed by atoms with van der Waals surface area (Å²) in [6.45, 7) is 8.45. The minimum absolute atomic E-state index is 0.954. The summed E-state index contributed by atoms with van der Waals surface area (Å²) in [5.74, 6) is 0. The van der Waals surface area contributed by atoms with Crippen molar-refractivity contribution < 1.29 is 0 Å². The van der Waals surface area contributed by atoms with Crippen LogP contribution in [0.1, 0.15) is 29.2 Å². The van der Waals surface area contributed by atoms with Gasteiger partial charge in [-0.3, -0.25) is 0 Å². The number of aryl methyl sites for hydroxylation is 2. The Hall–Kier alpha value is -0.490. The van der Waals surface area contributed by atoms with Crippen molar-refractivity contribution in [2.24, 2.45) is 0 Å². The third-order valence-corrected chi connectivity index (χ3v) is 2.96. The summed E-state index contributed by atoms with van der Waals surface area (Å²) in [5, 5.41) is 0.954. The van der Waals surface area contributed by atoms with E-state index < -0.39 is 0 Å². The predicted molar refractivity (Wildman–Crippen MR) is 55.0 cm³/mol. The van der Waals surface area contributed by atoms with Gasteiger partial charge in [-0.25, -0.2) is 0 Å². The maximum atomic E-state index is 6.20. The Morgan fingerprint density at radius 2 is 1.75 bits per heavy atom. The van der Waals surface area contributed by atoms with Gasteiger partial charge in [-0.1, -0.05) is 24.6 Å². The van der Waals surface area contributed by atoms with Crippen LogP contribution in [0.15, 0.2) is 6.07 Å². The highest BCUT2D eigenvalue weighted by Crippen LogP contribution is 2.27. The van der Waals surface area contributed by atoms with Crippen LogP contribution in [-0.4, -0.2) is 0 Å². The number of hydrogen-bond donors (Lipinski definition) is 0. The Labute approximate surface area is 79.6 Å². The minimum atomic E-state index is 0.954. The maximum Gasteiger partial charge on any atom is 0.0472 e. The predicted octanol–water partition coefficient (Wildman–Crippen LogP) is 3.83. The molecule has 0 unspecified atom stereocenters. The van der Waals surface area contributed by atoms with Crippen molar-refractivity contribution >= 4 is 11.6 Å². The lowest BCUT2D eigenvalue weighted by molar-refractivity contribution is 1.09. The molecule has 0 atom stereocenters. The molecule has 0 amide bonds. The van der Waals surface area contributed by atoms with Gasteiger partial charge in [0.2, 0.25) is 0 Å². The minimum Gasteiger partial charge on any atom is -0.0837 e. The van der Waals surface area contributed by atoms with Crippen LogP contribution in [0, 0.1) is 20.8 Å². The van der Waals surface area contributed by atoms with Crippen molar-refractivity contribution in [3.05, 3.63) is 33.3 Å². The average molecular weight is 183 g/mol. The highest BCUT2D eigenvalue weighted by atomic mass is 35.5. The Kier molecular flexibility index (Phi) is 2.79. The molecule has 66 valence electrons. The molecule has 0 N–H and O–H groups in total. The molecule has 0 fully saturated rings. The van der Waals surface area contributed by atoms with Crippen molar-refractivity contribution in [3.8, 4) is 0 Å². The van der Waals surface area contributed by atoms with Crippen LogP contribution >= 0.6 is 11.6 Å². The van der Waals surface area contributed by atoms with Crippen molar-refractivity contribution in [2.75, 3.05) is 0 Å². The summed E-state index contributed by atoms with van der Waals surface area (Å²) in [4.78, 5) is 0. The summed E-state index contributed by atoms with van der Waals surface area (Å²) in [6, 6.07) is 2.21. The molecular weight excluding hydrogens is 168 g/mol. The second kappa shape index (κ2) is 3.49. The van der Waals surface area contributed by atoms with E-state index >= 15 is 0 Å². The van der Waals surface area contributed by atoms with Crippen LogP contribution in [0.3, 0.4) is 0 Å². The molecule has 0 nitrogen and oxygen atoms in total. The zero-order chi connectivity index (χ0) is 9.30. The molecule has 0 saturated heterocycles. The highest BCUT2D eigenvalue weighted by Gasteiger charge is 2.06. The fraction of sp³-hybridized carbons (Fsp3) is 0.455. The molecule has 0 heterocycles. The highest BCUT2D eigenvalue weighted by molar-refractivity contribution is 6.32. The lowest BCUT2D eigenvalue weighted by Crippen LogP contribution is -1.93. The topological polar surface area (TPSA) is 0 Å². The molecule has 0 bridgehead atoms. The number of benzene rings is 1. The Morgan fingerprint density at radius 1 is 1.17 bits per heavy atom. The Balaban J connectivity index is 3.40. The van der Waals surface area contributed by atoms with Gasteiger partial charge < -0.3 is 0 Å². The maximum absolute atomic E-state index is 6.20. The van der Waals surface area contributed by atoms with Crippen LogP contribution < -0.4 is 0 Å². The van der Waals surface area contributed by atoms with Crippen molar-refractivity contribution in [3.63, 3.8) is 0 Å². The van der Waals surface area contributed by atoms with Gasteiger partial charge in [-0.05, 0) is 49.4 Å². The third kappa shape index (κ3) is 1.49. The second-order valence-electron chi connectivity index (χ2n) is 3.28. The molecule has 12 heavy (non-hydrogen) atoms. The van der Waals surface area contributed by atoms with E-state index in [1.165, 1.54) is 22.3 Å². The molecule has 0 aromatic heterocycles. The van der Waals surface area contributed by atoms with Gasteiger partial charge in [0.05, 0.1) is 0 Å². The Bertz CT molecular complexity index is 300. The molecule has 0 aliphatic carbocycles. The van der Waals surface area contributed by atoms with E-state index in [4.69, 9.17) is 11.6 Å². The summed E-state index contributed by atoms with van der Waals surface area (Å²) in [7, 11) is 0. The third-order valence-electron chi connectivity index (χ3n) is 2.45. The monoisotopic (exact) mass is 182 g/mol. The van der Waals surface area contributed by atoms with E-state index in [1.54, 1.807) is 0 Å². The summed E-state index contributed by atoms with van der Waals surface area (Å²) >= 11 is 6.20. The van der Waals surface area contributed by atoms with Gasteiger partial charge in [-0.2, -0.15) is 0 Å². The van der Waals surface area contributed by atoms with E-state index in [0.717, 1.165) is 11.4 Å². The van der Waals surface area contributed by atoms with E-state index in [0.29, 0.717) is 0 Å². The van der Waals surface area contributed by atoms with Crippen molar-refractivity contribution in [1.82, 2.24) is 0 Å². The van der Waals surface area contributed by atoms with E-state index in [-0.39, 0.29) is 0 Å². The molecule has 1 aromatic rings. The first-order valence-electron chi connectivity index (χ1n) is 4.33. The number of rotatable bonds is 1. The van der Waals surface area contributed by atoms with Crippen LogP contribution in [0.25, 0.3) is 0 Å². The smallest absolute Gasteiger partial charge is 0.0472 e. The molecule has 0 aliphatic rings. The van der Waals surface area contributed by atoms with E-state index in [9.17, 15) is 0 Å². The first-order valence-corrected chi connectivity index (χ1v) is 4.70. The fourth-order valence-electron chi connectivity index (χ4n) is 1.53. The molecule has 0 spiro atoms. The molecule has 1 aromatic carbocycles. The van der Waals surface area contributed by atoms with E-state index in [1.807, 2.05) is 0 Å². The summed E-state index contributed by atoms with van der Waals surface area (Å²) in [6.07, 6.45) is 1.02. The van der Waals surface area contributed by atoms with Gasteiger partial charge in [0.1, 0.15) is 0 Å². The zero-order valence-electron chi connectivity index (χ0n) is 8.16. The lowest BCUT2D eigenvalue weighted by atomic mass is 9.99. The molecule has 0 radical (unpaired) electrons. The molecule has 1 rings (SSSR count). The normalized spacial score (nSPS) is 10.4. The van der Waals surface area contributed by atoms with Crippen LogP contribution in [0.2, 0.25) is 5.02 Å². The summed E-state index contributed by atoms with van der Waals surface area (Å²) < 4.78 is 0. The second-order valence-corrected chi connectivity index (χ2v) is 3.66. The van der Waals surface area contributed by atoms with Gasteiger partial charge in [0, 0.05) is 5.02 Å². The largest absolute Gasteiger partial charge is 0.0837 e. The Morgan fingerprint density at radius 3 is 2.25 bits per heavy atom. The molecule has 1 heteroatoms. The van der Waals surface area contributed by atoms with Gasteiger partial charge >= 0.3 is 0 Å². The van der Waals surface area contributed by atoms with Crippen LogP contribution in [0.4, 0.5) is 0 Å². The number of halogens is 1. The van der Waals surface area contributed by atoms with Crippen molar-refractivity contribution in [2.45, 2.75) is 34.1 Å². The molecule has 0 saturated carbocycles. The SMILES string of the molecule is CCc1c(C)cc(C)c(C)c1Cl. The summed E-state index contributed by atoms with van der Waals surface area (Å²) in [5.41, 5.74) is 5.11. The van der Waals surface area contributed by atoms with Crippen LogP contribution in [0.5, 0.6) is 0 Å². The van der Waals surface area contributed by atoms with Gasteiger partial charge in [0.15, 0.2) is 0 Å². The van der Waals surface area contributed by atoms with Crippen LogP contribution in [-0.2, 0) is 6.42 Å².